The van der Waals surface area contributed by atoms with Gasteiger partial charge in [0, 0.05) is 24.4 Å². The molecule has 2 amide bonds. The summed E-state index contributed by atoms with van der Waals surface area (Å²) in [6.07, 6.45) is 8.88. The van der Waals surface area contributed by atoms with E-state index in [4.69, 9.17) is 4.74 Å². The van der Waals surface area contributed by atoms with E-state index in [-0.39, 0.29) is 30.7 Å². The van der Waals surface area contributed by atoms with Crippen LogP contribution in [-0.2, 0) is 14.3 Å². The molecular weight excluding hydrogens is 380 g/mol. The number of fused-ring (bicyclic) bond motifs is 1. The zero-order valence-corrected chi connectivity index (χ0v) is 16.9. The molecule has 0 spiro atoms. The molecule has 155 valence electrons. The van der Waals surface area contributed by atoms with Gasteiger partial charge in [-0.3, -0.25) is 14.4 Å². The van der Waals surface area contributed by atoms with Crippen LogP contribution in [0.4, 0.5) is 0 Å². The molecule has 30 heavy (non-hydrogen) atoms. The van der Waals surface area contributed by atoms with Crippen LogP contribution in [0.1, 0.15) is 35.7 Å². The molecule has 2 N–H and O–H groups in total. The lowest BCUT2D eigenvalue weighted by Crippen LogP contribution is -2.37. The van der Waals surface area contributed by atoms with E-state index in [1.165, 1.54) is 0 Å². The van der Waals surface area contributed by atoms with E-state index in [0.717, 1.165) is 22.3 Å². The standard InChI is InChI=1S/C24H25N2O4/c1-2-30-23(28)8-5-13-25-22(27)16-26-24(29)21-12-11-19-14-18(9-10-20(19)15-21)17-6-3-4-7-17/h3-4,6-7,9-12,14-15H,2,5,8,13,16H2,1H3,(H,25,27)(H,26,29). The fourth-order valence-electron chi connectivity index (χ4n) is 3.15. The molecule has 0 saturated heterocycles. The molecule has 1 aliphatic carbocycles. The molecule has 0 heterocycles. The highest BCUT2D eigenvalue weighted by molar-refractivity contribution is 6.00. The second-order valence-electron chi connectivity index (χ2n) is 6.89. The number of esters is 1. The van der Waals surface area contributed by atoms with Crippen LogP contribution in [0.3, 0.4) is 0 Å². The Morgan fingerprint density at radius 1 is 0.933 bits per heavy atom. The minimum absolute atomic E-state index is 0.119. The van der Waals surface area contributed by atoms with Crippen LogP contribution in [0.2, 0.25) is 0 Å². The van der Waals surface area contributed by atoms with Crippen molar-refractivity contribution in [3.05, 3.63) is 79.1 Å². The molecule has 3 rings (SSSR count). The van der Waals surface area contributed by atoms with Crippen LogP contribution < -0.4 is 10.6 Å². The third-order valence-electron chi connectivity index (χ3n) is 4.69. The van der Waals surface area contributed by atoms with Gasteiger partial charge < -0.3 is 15.4 Å². The third kappa shape index (κ3) is 6.05. The summed E-state index contributed by atoms with van der Waals surface area (Å²) in [6.45, 7) is 2.34. The molecule has 5 radical (unpaired) electrons. The Hall–Kier alpha value is -2.89. The van der Waals surface area contributed by atoms with Gasteiger partial charge in [0.15, 0.2) is 0 Å². The van der Waals surface area contributed by atoms with Crippen molar-refractivity contribution in [2.24, 2.45) is 0 Å². The highest BCUT2D eigenvalue weighted by atomic mass is 16.5. The summed E-state index contributed by atoms with van der Waals surface area (Å²) >= 11 is 0. The van der Waals surface area contributed by atoms with Crippen LogP contribution in [0, 0.1) is 31.6 Å². The maximum atomic E-state index is 12.4. The first-order valence-corrected chi connectivity index (χ1v) is 10.0. The van der Waals surface area contributed by atoms with Gasteiger partial charge >= 0.3 is 5.97 Å². The van der Waals surface area contributed by atoms with Crippen LogP contribution in [0.5, 0.6) is 0 Å². The number of hydrogen-bond donors (Lipinski definition) is 2. The highest BCUT2D eigenvalue weighted by Gasteiger charge is 2.19. The van der Waals surface area contributed by atoms with Crippen LogP contribution in [0.15, 0.2) is 36.4 Å². The monoisotopic (exact) mass is 405 g/mol. The van der Waals surface area contributed by atoms with E-state index in [9.17, 15) is 14.4 Å². The largest absolute Gasteiger partial charge is 0.466 e. The number of benzene rings is 2. The maximum absolute atomic E-state index is 12.4. The van der Waals surface area contributed by atoms with Gasteiger partial charge in [-0.05, 0) is 67.5 Å². The van der Waals surface area contributed by atoms with Crippen LogP contribution in [0.25, 0.3) is 10.8 Å². The van der Waals surface area contributed by atoms with Crippen LogP contribution in [-0.4, -0.2) is 37.5 Å². The average molecular weight is 405 g/mol. The predicted octanol–water partition coefficient (Wildman–Crippen LogP) is 2.78. The Kier molecular flexibility index (Phi) is 7.82. The molecular formula is C24H25N2O4. The topological polar surface area (TPSA) is 84.5 Å². The van der Waals surface area contributed by atoms with Gasteiger partial charge in [-0.1, -0.05) is 24.3 Å². The maximum Gasteiger partial charge on any atom is 0.305 e. The van der Waals surface area contributed by atoms with Crippen molar-refractivity contribution < 1.29 is 19.1 Å². The first-order valence-electron chi connectivity index (χ1n) is 10.0. The van der Waals surface area contributed by atoms with E-state index >= 15 is 0 Å². The Balaban J connectivity index is 1.47. The van der Waals surface area contributed by atoms with Crippen molar-refractivity contribution >= 4 is 28.6 Å². The lowest BCUT2D eigenvalue weighted by molar-refractivity contribution is -0.143. The normalized spacial score (nSPS) is 13.9. The first-order chi connectivity index (χ1) is 14.6. The van der Waals surface area contributed by atoms with Crippen LogP contribution >= 0.6 is 0 Å². The molecule has 2 aromatic rings. The summed E-state index contributed by atoms with van der Waals surface area (Å²) in [5.41, 5.74) is 1.63. The number of carbonyl (C=O) groups is 3. The lowest BCUT2D eigenvalue weighted by Gasteiger charge is -2.11. The minimum atomic E-state index is -0.307. The highest BCUT2D eigenvalue weighted by Crippen LogP contribution is 2.31. The molecule has 1 saturated carbocycles. The van der Waals surface area contributed by atoms with Crippen molar-refractivity contribution in [2.75, 3.05) is 19.7 Å². The van der Waals surface area contributed by atoms with Gasteiger partial charge in [0.05, 0.1) is 13.2 Å². The second-order valence-corrected chi connectivity index (χ2v) is 6.89. The van der Waals surface area contributed by atoms with E-state index in [0.29, 0.717) is 25.1 Å². The Morgan fingerprint density at radius 2 is 1.67 bits per heavy atom. The third-order valence-corrected chi connectivity index (χ3v) is 4.69. The van der Waals surface area contributed by atoms with E-state index in [1.807, 2.05) is 37.1 Å². The fraction of sp³-hybridized carbons (Fsp3) is 0.250. The summed E-state index contributed by atoms with van der Waals surface area (Å²) < 4.78 is 4.82. The second kappa shape index (κ2) is 10.8. The summed E-state index contributed by atoms with van der Waals surface area (Å²) in [5, 5.41) is 7.30. The van der Waals surface area contributed by atoms with E-state index in [1.54, 1.807) is 13.0 Å². The summed E-state index contributed by atoms with van der Waals surface area (Å²) in [6, 6.07) is 11.6. The Morgan fingerprint density at radius 3 is 2.43 bits per heavy atom. The molecule has 0 unspecified atom stereocenters. The quantitative estimate of drug-likeness (QED) is 0.496. The van der Waals surface area contributed by atoms with Crippen molar-refractivity contribution in [1.82, 2.24) is 10.6 Å². The summed E-state index contributed by atoms with van der Waals surface area (Å²) in [5.74, 6) is 0.274. The predicted molar refractivity (Wildman–Crippen MR) is 115 cm³/mol. The number of rotatable bonds is 9. The van der Waals surface area contributed by atoms with E-state index in [2.05, 4.69) is 29.5 Å². The molecule has 1 fully saturated rings. The van der Waals surface area contributed by atoms with Gasteiger partial charge in [-0.25, -0.2) is 0 Å². The van der Waals surface area contributed by atoms with Gasteiger partial charge in [-0.15, -0.1) is 0 Å². The zero-order valence-electron chi connectivity index (χ0n) is 16.9. The summed E-state index contributed by atoms with van der Waals surface area (Å²) in [4.78, 5) is 35.5. The Bertz CT molecular complexity index is 903. The van der Waals surface area contributed by atoms with Gasteiger partial charge in [0.2, 0.25) is 5.91 Å². The molecule has 0 bridgehead atoms. The fourth-order valence-corrected chi connectivity index (χ4v) is 3.15. The summed E-state index contributed by atoms with van der Waals surface area (Å²) in [7, 11) is 0. The zero-order chi connectivity index (χ0) is 21.3. The average Bonchev–Trinajstić information content (AvgIpc) is 3.29. The number of carbonyl (C=O) groups excluding carboxylic acids is 3. The lowest BCUT2D eigenvalue weighted by atomic mass is 9.94. The molecule has 0 aromatic heterocycles. The van der Waals surface area contributed by atoms with Crippen molar-refractivity contribution in [3.8, 4) is 0 Å². The molecule has 2 aromatic carbocycles. The number of nitrogens with one attached hydrogen (secondary N) is 2. The smallest absolute Gasteiger partial charge is 0.305 e. The van der Waals surface area contributed by atoms with E-state index < -0.39 is 0 Å². The van der Waals surface area contributed by atoms with Crippen molar-refractivity contribution in [3.63, 3.8) is 0 Å². The molecule has 0 aliphatic heterocycles. The van der Waals surface area contributed by atoms with Crippen molar-refractivity contribution in [1.29, 1.82) is 0 Å². The molecule has 0 atom stereocenters. The molecule has 6 nitrogen and oxygen atoms in total. The molecule has 1 aliphatic rings. The van der Waals surface area contributed by atoms with Crippen molar-refractivity contribution in [2.45, 2.75) is 19.8 Å². The molecule has 6 heteroatoms. The SMILES string of the molecule is CCOC(=O)CCCNC(=O)CNC(=O)c1ccc2cc([C]3[CH][CH][CH][CH]3)ccc2c1. The number of amides is 2. The number of ether oxygens (including phenoxy) is 1. The van der Waals surface area contributed by atoms with Gasteiger partial charge in [-0.2, -0.15) is 0 Å². The van der Waals surface area contributed by atoms with Gasteiger partial charge in [0.1, 0.15) is 0 Å². The first kappa shape index (κ1) is 21.8. The number of hydrogen-bond acceptors (Lipinski definition) is 4. The Labute approximate surface area is 177 Å². The minimum Gasteiger partial charge on any atom is -0.466 e. The van der Waals surface area contributed by atoms with Gasteiger partial charge in [0.25, 0.3) is 5.91 Å².